The van der Waals surface area contributed by atoms with E-state index in [1.807, 2.05) is 0 Å². The fourth-order valence-corrected chi connectivity index (χ4v) is 4.00. The van der Waals surface area contributed by atoms with Crippen molar-refractivity contribution >= 4 is 43.1 Å². The molecule has 0 aliphatic heterocycles. The maximum Gasteiger partial charge on any atom is 0.294 e. The van der Waals surface area contributed by atoms with Gasteiger partial charge in [-0.3, -0.25) is 4.55 Å². The van der Waals surface area contributed by atoms with Crippen LogP contribution in [0.2, 0.25) is 0 Å². The van der Waals surface area contributed by atoms with Gasteiger partial charge in [0.15, 0.2) is 5.75 Å². The summed E-state index contributed by atoms with van der Waals surface area (Å²) in [5, 5.41) is 18.6. The lowest BCUT2D eigenvalue weighted by Crippen LogP contribution is -2.00. The highest BCUT2D eigenvalue weighted by Crippen LogP contribution is 2.54. The number of hydrogen-bond donors (Lipinski definition) is 5. The lowest BCUT2D eigenvalue weighted by molar-refractivity contribution is 0.375. The van der Waals surface area contributed by atoms with E-state index < -0.39 is 36.5 Å². The average Bonchev–Trinajstić information content (AvgIpc) is 2.59. The first kappa shape index (κ1) is 20.2. The Hall–Kier alpha value is -2.54. The number of aryl methyl sites for hydroxylation is 1. The number of hydrogen-bond acceptors (Lipinski definition) is 8. The molecule has 0 aliphatic rings. The molecule has 0 atom stereocenters. The number of phenols is 1. The summed E-state index contributed by atoms with van der Waals surface area (Å²) in [6.45, 7) is 1.49. The van der Waals surface area contributed by atoms with E-state index in [2.05, 4.69) is 10.2 Å². The first-order valence-corrected chi connectivity index (χ1v) is 10.7. The fraction of sp³-hybridized carbons (Fsp3) is 0.0588. The summed E-state index contributed by atoms with van der Waals surface area (Å²) >= 11 is 0. The molecule has 0 radical (unpaired) electrons. The number of phenolic OH excluding ortho intramolecular Hbond substituents is 1. The zero-order valence-electron chi connectivity index (χ0n) is 14.4. The molecular weight excluding hydrogens is 408 g/mol. The van der Waals surface area contributed by atoms with Crippen LogP contribution >= 0.6 is 10.9 Å². The number of nitrogens with zero attached hydrogens (tertiary/aromatic N) is 2. The van der Waals surface area contributed by atoms with E-state index in [-0.39, 0.29) is 22.0 Å². The summed E-state index contributed by atoms with van der Waals surface area (Å²) in [6, 6.07) is 11.7. The quantitative estimate of drug-likeness (QED) is 0.288. The molecule has 0 amide bonds. The van der Waals surface area contributed by atoms with Crippen LogP contribution < -0.4 is 0 Å². The van der Waals surface area contributed by atoms with Crippen molar-refractivity contribution in [2.45, 2.75) is 16.7 Å². The molecule has 0 unspecified atom stereocenters. The van der Waals surface area contributed by atoms with Crippen LogP contribution in [0.25, 0.3) is 10.8 Å². The van der Waals surface area contributed by atoms with Crippen LogP contribution in [0.15, 0.2) is 68.6 Å². The Kier molecular flexibility index (Phi) is 5.14. The Morgan fingerprint density at radius 1 is 0.893 bits per heavy atom. The second kappa shape index (κ2) is 7.13. The standard InChI is InChI=1S/C17H16N2O7S2/c1-10-7-13(27(21,22)23)8-11-9-14(28(24,25)26)16(17(20)15(10)11)19-18-12-5-3-2-4-6-12/h2-9,20,24-26H,1H3,(H,21,22,23). The summed E-state index contributed by atoms with van der Waals surface area (Å²) in [4.78, 5) is -0.986. The second-order valence-electron chi connectivity index (χ2n) is 5.94. The average molecular weight is 424 g/mol. The van der Waals surface area contributed by atoms with Gasteiger partial charge in [0.1, 0.15) is 16.6 Å². The van der Waals surface area contributed by atoms with Crippen LogP contribution in [0.3, 0.4) is 0 Å². The highest BCUT2D eigenvalue weighted by Gasteiger charge is 2.26. The Labute approximate surface area is 161 Å². The molecule has 0 fully saturated rings. The first-order chi connectivity index (χ1) is 13.0. The Morgan fingerprint density at radius 2 is 1.54 bits per heavy atom. The van der Waals surface area contributed by atoms with Gasteiger partial charge in [0.25, 0.3) is 10.1 Å². The van der Waals surface area contributed by atoms with Crippen LogP contribution in [-0.4, -0.2) is 31.7 Å². The fourth-order valence-electron chi connectivity index (χ4n) is 2.72. The van der Waals surface area contributed by atoms with E-state index in [9.17, 15) is 31.7 Å². The molecule has 0 aliphatic carbocycles. The molecule has 0 heterocycles. The maximum absolute atomic E-state index is 11.4. The third-order valence-electron chi connectivity index (χ3n) is 3.94. The van der Waals surface area contributed by atoms with Gasteiger partial charge in [0.05, 0.1) is 15.5 Å². The largest absolute Gasteiger partial charge is 0.505 e. The van der Waals surface area contributed by atoms with Crippen LogP contribution in [0, 0.1) is 6.92 Å². The third-order valence-corrected chi connectivity index (χ3v) is 5.67. The van der Waals surface area contributed by atoms with Crippen molar-refractivity contribution in [1.29, 1.82) is 0 Å². The van der Waals surface area contributed by atoms with Gasteiger partial charge in [0.2, 0.25) is 0 Å². The number of rotatable bonds is 4. The number of aromatic hydroxyl groups is 1. The van der Waals surface area contributed by atoms with Gasteiger partial charge in [-0.1, -0.05) is 18.2 Å². The van der Waals surface area contributed by atoms with E-state index in [1.165, 1.54) is 6.92 Å². The van der Waals surface area contributed by atoms with E-state index >= 15 is 0 Å². The molecule has 3 aromatic rings. The number of azo groups is 1. The van der Waals surface area contributed by atoms with Crippen molar-refractivity contribution in [2.75, 3.05) is 0 Å². The Bertz CT molecular complexity index is 1190. The first-order valence-electron chi connectivity index (χ1n) is 7.74. The third kappa shape index (κ3) is 3.99. The van der Waals surface area contributed by atoms with Crippen molar-refractivity contribution < 1.29 is 31.7 Å². The highest BCUT2D eigenvalue weighted by atomic mass is 32.3. The van der Waals surface area contributed by atoms with Crippen molar-refractivity contribution in [2.24, 2.45) is 10.2 Å². The van der Waals surface area contributed by atoms with E-state index in [4.69, 9.17) is 0 Å². The molecule has 0 spiro atoms. The molecule has 0 saturated carbocycles. The van der Waals surface area contributed by atoms with Gasteiger partial charge >= 0.3 is 0 Å². The molecule has 148 valence electrons. The normalized spacial score (nSPS) is 13.3. The molecule has 9 nitrogen and oxygen atoms in total. The minimum absolute atomic E-state index is 0.0489. The summed E-state index contributed by atoms with van der Waals surface area (Å²) in [7, 11) is -8.88. The molecule has 28 heavy (non-hydrogen) atoms. The molecule has 3 aromatic carbocycles. The van der Waals surface area contributed by atoms with Crippen molar-refractivity contribution in [1.82, 2.24) is 0 Å². The summed E-state index contributed by atoms with van der Waals surface area (Å²) < 4.78 is 61.4. The van der Waals surface area contributed by atoms with Gasteiger partial charge in [-0.25, -0.2) is 0 Å². The second-order valence-corrected chi connectivity index (χ2v) is 8.84. The van der Waals surface area contributed by atoms with Crippen LogP contribution in [0.1, 0.15) is 5.56 Å². The summed E-state index contributed by atoms with van der Waals surface area (Å²) in [5.74, 6) is -0.527. The van der Waals surface area contributed by atoms with Gasteiger partial charge in [-0.15, -0.1) is 5.11 Å². The van der Waals surface area contributed by atoms with Crippen molar-refractivity contribution in [3.8, 4) is 5.75 Å². The van der Waals surface area contributed by atoms with E-state index in [0.29, 0.717) is 5.69 Å². The number of fused-ring (bicyclic) bond motifs is 1. The SMILES string of the molecule is Cc1cc(S(=O)(=O)O)cc2cc(S(O)(O)O)c(N=Nc3ccccc3)c(O)c12. The van der Waals surface area contributed by atoms with E-state index in [1.54, 1.807) is 30.3 Å². The molecule has 0 bridgehead atoms. The molecule has 5 N–H and O–H groups in total. The minimum atomic E-state index is -4.54. The zero-order valence-corrected chi connectivity index (χ0v) is 16.0. The summed E-state index contributed by atoms with van der Waals surface area (Å²) in [6.07, 6.45) is 0. The lowest BCUT2D eigenvalue weighted by Gasteiger charge is -2.22. The minimum Gasteiger partial charge on any atom is -0.505 e. The van der Waals surface area contributed by atoms with Crippen molar-refractivity contribution in [3.05, 3.63) is 54.1 Å². The van der Waals surface area contributed by atoms with Gasteiger partial charge in [-0.2, -0.15) is 13.5 Å². The van der Waals surface area contributed by atoms with Gasteiger partial charge in [0, 0.05) is 5.39 Å². The Balaban J connectivity index is 2.32. The predicted molar refractivity (Wildman–Crippen MR) is 105 cm³/mol. The maximum atomic E-state index is 11.4. The van der Waals surface area contributed by atoms with E-state index in [0.717, 1.165) is 18.2 Å². The molecular formula is C17H16N2O7S2. The monoisotopic (exact) mass is 424 g/mol. The van der Waals surface area contributed by atoms with Gasteiger partial charge in [-0.05, 0) is 48.2 Å². The molecule has 0 saturated heterocycles. The Morgan fingerprint density at radius 3 is 2.11 bits per heavy atom. The van der Waals surface area contributed by atoms with Crippen LogP contribution in [0.5, 0.6) is 5.75 Å². The van der Waals surface area contributed by atoms with Crippen LogP contribution in [-0.2, 0) is 10.1 Å². The summed E-state index contributed by atoms with van der Waals surface area (Å²) in [5.41, 5.74) is 0.321. The topological polar surface area (TPSA) is 160 Å². The molecule has 3 rings (SSSR count). The number of benzene rings is 3. The highest BCUT2D eigenvalue weighted by molar-refractivity contribution is 8.19. The van der Waals surface area contributed by atoms with Crippen molar-refractivity contribution in [3.63, 3.8) is 0 Å². The molecule has 11 heteroatoms. The van der Waals surface area contributed by atoms with Gasteiger partial charge < -0.3 is 18.8 Å². The lowest BCUT2D eigenvalue weighted by atomic mass is 10.0. The molecule has 0 aromatic heterocycles. The zero-order chi connectivity index (χ0) is 20.7. The van der Waals surface area contributed by atoms with Crippen LogP contribution in [0.4, 0.5) is 11.4 Å². The smallest absolute Gasteiger partial charge is 0.294 e. The predicted octanol–water partition coefficient (Wildman–Crippen LogP) is 5.10.